The molecule has 2 aromatic heterocycles. The monoisotopic (exact) mass is 346 g/mol. The lowest BCUT2D eigenvalue weighted by atomic mass is 10.2. The normalized spacial score (nSPS) is 11.1. The van der Waals surface area contributed by atoms with Gasteiger partial charge >= 0.3 is 6.03 Å². The van der Waals surface area contributed by atoms with Gasteiger partial charge in [-0.1, -0.05) is 13.8 Å². The molecule has 0 atom stereocenters. The van der Waals surface area contributed by atoms with Crippen LogP contribution in [0.5, 0.6) is 0 Å². The number of hydrogen-bond acceptors (Lipinski definition) is 5. The summed E-state index contributed by atoms with van der Waals surface area (Å²) in [4.78, 5) is 21.8. The molecule has 0 aliphatic heterocycles. The highest BCUT2D eigenvalue weighted by Gasteiger charge is 2.09. The summed E-state index contributed by atoms with van der Waals surface area (Å²) in [6.07, 6.45) is 1.79. The number of carbonyl (C=O) groups excluding carboxylic acids is 1. The van der Waals surface area contributed by atoms with Gasteiger partial charge in [0.25, 0.3) is 0 Å². The Bertz CT molecular complexity index is 838. The van der Waals surface area contributed by atoms with E-state index >= 15 is 0 Å². The first kappa shape index (κ1) is 15.9. The number of aryl methyl sites for hydroxylation is 1. The fourth-order valence-corrected chi connectivity index (χ4v) is 3.84. The zero-order valence-electron chi connectivity index (χ0n) is 13.2. The van der Waals surface area contributed by atoms with E-state index in [4.69, 9.17) is 0 Å². The quantitative estimate of drug-likeness (QED) is 0.730. The second-order valence-corrected chi connectivity index (χ2v) is 7.92. The van der Waals surface area contributed by atoms with Crippen molar-refractivity contribution in [3.8, 4) is 0 Å². The number of carbonyl (C=O) groups is 1. The maximum atomic E-state index is 12.0. The average molecular weight is 346 g/mol. The summed E-state index contributed by atoms with van der Waals surface area (Å²) in [5.41, 5.74) is 1.75. The van der Waals surface area contributed by atoms with Gasteiger partial charge in [0, 0.05) is 22.7 Å². The van der Waals surface area contributed by atoms with Gasteiger partial charge in [-0.15, -0.1) is 22.7 Å². The molecule has 2 N–H and O–H groups in total. The van der Waals surface area contributed by atoms with Gasteiger partial charge in [-0.05, 0) is 25.1 Å². The molecule has 2 heterocycles. The summed E-state index contributed by atoms with van der Waals surface area (Å²) in [6, 6.07) is 5.57. The van der Waals surface area contributed by atoms with Crippen LogP contribution in [0.4, 0.5) is 10.5 Å². The van der Waals surface area contributed by atoms with Crippen LogP contribution < -0.4 is 10.6 Å². The minimum atomic E-state index is -0.219. The number of nitrogens with zero attached hydrogens (tertiary/aromatic N) is 2. The molecule has 120 valence electrons. The van der Waals surface area contributed by atoms with Crippen LogP contribution >= 0.6 is 22.7 Å². The van der Waals surface area contributed by atoms with Crippen molar-refractivity contribution in [1.29, 1.82) is 0 Å². The minimum Gasteiger partial charge on any atom is -0.333 e. The van der Waals surface area contributed by atoms with Crippen molar-refractivity contribution in [2.24, 2.45) is 0 Å². The molecular formula is C16H18N4OS2. The van der Waals surface area contributed by atoms with Crippen molar-refractivity contribution in [3.63, 3.8) is 0 Å². The average Bonchev–Trinajstić information content (AvgIpc) is 3.10. The van der Waals surface area contributed by atoms with Crippen LogP contribution in [-0.2, 0) is 6.54 Å². The first-order valence-electron chi connectivity index (χ1n) is 7.38. The SMILES string of the molecule is Cc1ncc(CNC(=O)Nc2ccc3nc(C(C)C)sc3c2)s1. The molecule has 0 bridgehead atoms. The molecule has 0 saturated heterocycles. The first-order chi connectivity index (χ1) is 11.0. The fourth-order valence-electron chi connectivity index (χ4n) is 2.10. The molecule has 0 radical (unpaired) electrons. The summed E-state index contributed by atoms with van der Waals surface area (Å²) in [7, 11) is 0. The summed E-state index contributed by atoms with van der Waals surface area (Å²) < 4.78 is 1.09. The number of rotatable bonds is 4. The molecule has 3 aromatic rings. The van der Waals surface area contributed by atoms with E-state index in [1.807, 2.05) is 25.1 Å². The van der Waals surface area contributed by atoms with Crippen molar-refractivity contribution in [3.05, 3.63) is 39.3 Å². The zero-order valence-corrected chi connectivity index (χ0v) is 14.8. The third-order valence-corrected chi connectivity index (χ3v) is 5.48. The zero-order chi connectivity index (χ0) is 16.4. The van der Waals surface area contributed by atoms with Crippen molar-refractivity contribution >= 4 is 44.6 Å². The van der Waals surface area contributed by atoms with Gasteiger partial charge < -0.3 is 10.6 Å². The fraction of sp³-hybridized carbons (Fsp3) is 0.312. The number of benzene rings is 1. The lowest BCUT2D eigenvalue weighted by Gasteiger charge is -2.06. The Morgan fingerprint density at radius 3 is 2.83 bits per heavy atom. The molecule has 0 aliphatic rings. The molecule has 0 unspecified atom stereocenters. The first-order valence-corrected chi connectivity index (χ1v) is 9.01. The van der Waals surface area contributed by atoms with Crippen LogP contribution in [0.25, 0.3) is 10.2 Å². The molecule has 7 heteroatoms. The molecule has 3 rings (SSSR count). The molecule has 0 spiro atoms. The Labute approximate surface area is 142 Å². The van der Waals surface area contributed by atoms with Gasteiger partial charge in [0.05, 0.1) is 26.8 Å². The van der Waals surface area contributed by atoms with E-state index in [-0.39, 0.29) is 6.03 Å². The molecule has 2 amide bonds. The number of amides is 2. The number of nitrogens with one attached hydrogen (secondary N) is 2. The van der Waals surface area contributed by atoms with Crippen LogP contribution in [0, 0.1) is 6.92 Å². The molecule has 0 fully saturated rings. The number of anilines is 1. The Balaban J connectivity index is 1.64. The van der Waals surface area contributed by atoms with Crippen molar-refractivity contribution in [1.82, 2.24) is 15.3 Å². The third kappa shape index (κ3) is 3.86. The van der Waals surface area contributed by atoms with Crippen LogP contribution in [0.2, 0.25) is 0 Å². The van der Waals surface area contributed by atoms with E-state index < -0.39 is 0 Å². The highest BCUT2D eigenvalue weighted by atomic mass is 32.1. The molecular weight excluding hydrogens is 328 g/mol. The second-order valence-electron chi connectivity index (χ2n) is 5.54. The molecule has 5 nitrogen and oxygen atoms in total. The number of thiazole rings is 2. The summed E-state index contributed by atoms with van der Waals surface area (Å²) >= 11 is 3.25. The van der Waals surface area contributed by atoms with Gasteiger partial charge in [-0.25, -0.2) is 14.8 Å². The number of urea groups is 1. The van der Waals surface area contributed by atoms with Gasteiger partial charge in [0.15, 0.2) is 0 Å². The highest BCUT2D eigenvalue weighted by molar-refractivity contribution is 7.18. The van der Waals surface area contributed by atoms with E-state index in [0.29, 0.717) is 12.5 Å². The molecule has 0 saturated carbocycles. The summed E-state index contributed by atoms with van der Waals surface area (Å²) in [5.74, 6) is 0.412. The van der Waals surface area contributed by atoms with Crippen molar-refractivity contribution in [2.75, 3.05) is 5.32 Å². The molecule has 0 aliphatic carbocycles. The van der Waals surface area contributed by atoms with Crippen LogP contribution in [0.1, 0.15) is 34.7 Å². The van der Waals surface area contributed by atoms with E-state index in [9.17, 15) is 4.79 Å². The highest BCUT2D eigenvalue weighted by Crippen LogP contribution is 2.29. The lowest BCUT2D eigenvalue weighted by Crippen LogP contribution is -2.27. The smallest absolute Gasteiger partial charge is 0.319 e. The molecule has 23 heavy (non-hydrogen) atoms. The largest absolute Gasteiger partial charge is 0.333 e. The minimum absolute atomic E-state index is 0.219. The Morgan fingerprint density at radius 2 is 2.13 bits per heavy atom. The summed E-state index contributed by atoms with van der Waals surface area (Å²) in [6.45, 7) is 6.69. The van der Waals surface area contributed by atoms with Gasteiger partial charge in [0.1, 0.15) is 0 Å². The van der Waals surface area contributed by atoms with E-state index in [2.05, 4.69) is 34.4 Å². The summed E-state index contributed by atoms with van der Waals surface area (Å²) in [5, 5.41) is 7.82. The maximum absolute atomic E-state index is 12.0. The van der Waals surface area contributed by atoms with Gasteiger partial charge in [0.2, 0.25) is 0 Å². The number of hydrogen-bond donors (Lipinski definition) is 2. The Kier molecular flexibility index (Phi) is 4.58. The van der Waals surface area contributed by atoms with E-state index in [1.165, 1.54) is 0 Å². The van der Waals surface area contributed by atoms with Crippen LogP contribution in [0.3, 0.4) is 0 Å². The third-order valence-electron chi connectivity index (χ3n) is 3.25. The predicted octanol–water partition coefficient (Wildman–Crippen LogP) is 4.51. The molecule has 1 aromatic carbocycles. The van der Waals surface area contributed by atoms with Crippen LogP contribution in [0.15, 0.2) is 24.4 Å². The second kappa shape index (κ2) is 6.64. The maximum Gasteiger partial charge on any atom is 0.319 e. The Hall–Kier alpha value is -1.99. The van der Waals surface area contributed by atoms with E-state index in [1.54, 1.807) is 28.9 Å². The van der Waals surface area contributed by atoms with Gasteiger partial charge in [-0.2, -0.15) is 0 Å². The lowest BCUT2D eigenvalue weighted by molar-refractivity contribution is 0.252. The van der Waals surface area contributed by atoms with Crippen molar-refractivity contribution < 1.29 is 4.79 Å². The standard InChI is InChI=1S/C16H18N4OS2/c1-9(2)15-20-13-5-4-11(6-14(13)23-15)19-16(21)18-8-12-7-17-10(3)22-12/h4-7,9H,8H2,1-3H3,(H2,18,19,21). The Morgan fingerprint density at radius 1 is 1.30 bits per heavy atom. The van der Waals surface area contributed by atoms with Crippen LogP contribution in [-0.4, -0.2) is 16.0 Å². The number of aromatic nitrogens is 2. The van der Waals surface area contributed by atoms with E-state index in [0.717, 1.165) is 30.8 Å². The topological polar surface area (TPSA) is 66.9 Å². The predicted molar refractivity (Wildman–Crippen MR) is 96.4 cm³/mol. The van der Waals surface area contributed by atoms with Gasteiger partial charge in [-0.3, -0.25) is 0 Å². The van der Waals surface area contributed by atoms with Crippen molar-refractivity contribution in [2.45, 2.75) is 33.2 Å². The number of fused-ring (bicyclic) bond motifs is 1.